The van der Waals surface area contributed by atoms with E-state index in [9.17, 15) is 36.2 Å². The largest absolute Gasteiger partial charge is 0.395 e. The lowest BCUT2D eigenvalue weighted by molar-refractivity contribution is 0.310. The molecule has 0 spiro atoms. The summed E-state index contributed by atoms with van der Waals surface area (Å²) in [6, 6.07) is 8.03. The summed E-state index contributed by atoms with van der Waals surface area (Å²) in [7, 11) is -9.67. The molecule has 2 aromatic heterocycles. The zero-order valence-corrected chi connectivity index (χ0v) is 35.6. The summed E-state index contributed by atoms with van der Waals surface area (Å²) < 4.78 is 70.8. The van der Waals surface area contributed by atoms with Crippen LogP contribution < -0.4 is 31.9 Å². The van der Waals surface area contributed by atoms with E-state index in [-0.39, 0.29) is 84.5 Å². The fraction of sp³-hybridized carbons (Fsp3) is 0.444. The average Bonchev–Trinajstić information content (AvgIpc) is 3.21. The van der Waals surface area contributed by atoms with Crippen molar-refractivity contribution in [2.24, 2.45) is 0 Å². The highest BCUT2D eigenvalue weighted by atomic mass is 32.2. The molecule has 24 heteroatoms. The Morgan fingerprint density at radius 3 is 1.13 bits per heavy atom. The van der Waals surface area contributed by atoms with E-state index in [0.29, 0.717) is 13.1 Å². The number of aliphatic hydroxyl groups is 2. The second-order valence-electron chi connectivity index (χ2n) is 12.9. The molecule has 4 rings (SSSR count). The Hall–Kier alpha value is -5.34. The molecule has 22 nitrogen and oxygen atoms in total. The molecule has 0 aliphatic rings. The summed E-state index contributed by atoms with van der Waals surface area (Å²) in [5.74, 6) is 0.805. The van der Waals surface area contributed by atoms with Gasteiger partial charge in [0.1, 0.15) is 9.79 Å². The van der Waals surface area contributed by atoms with Gasteiger partial charge in [0.25, 0.3) is 20.2 Å². The van der Waals surface area contributed by atoms with Crippen LogP contribution in [0.5, 0.6) is 0 Å². The second kappa shape index (κ2) is 22.9. The van der Waals surface area contributed by atoms with Crippen molar-refractivity contribution >= 4 is 79.5 Å². The molecule has 0 atom stereocenters. The number of aliphatic hydroxyl groups excluding tert-OH is 2. The molecule has 2 heterocycles. The van der Waals surface area contributed by atoms with Gasteiger partial charge in [-0.1, -0.05) is 52.0 Å². The fourth-order valence-electron chi connectivity index (χ4n) is 5.63. The summed E-state index contributed by atoms with van der Waals surface area (Å²) in [5.41, 5.74) is 0.329. The predicted molar refractivity (Wildman–Crippen MR) is 231 cm³/mol. The molecule has 60 heavy (non-hydrogen) atoms. The highest BCUT2D eigenvalue weighted by molar-refractivity contribution is 7.86. The zero-order chi connectivity index (χ0) is 43.7. The molecule has 0 radical (unpaired) electrons. The first-order valence-corrected chi connectivity index (χ1v) is 22.2. The van der Waals surface area contributed by atoms with Crippen molar-refractivity contribution in [3.8, 4) is 0 Å². The summed E-state index contributed by atoms with van der Waals surface area (Å²) in [4.78, 5) is 29.4. The van der Waals surface area contributed by atoms with Gasteiger partial charge in [-0.3, -0.25) is 9.11 Å². The molecule has 328 valence electrons. The van der Waals surface area contributed by atoms with Crippen LogP contribution in [0.4, 0.5) is 47.1 Å². The van der Waals surface area contributed by atoms with Gasteiger partial charge in [-0.05, 0) is 61.6 Å². The van der Waals surface area contributed by atoms with Crippen molar-refractivity contribution in [1.82, 2.24) is 39.7 Å². The van der Waals surface area contributed by atoms with E-state index in [1.807, 2.05) is 0 Å². The summed E-state index contributed by atoms with van der Waals surface area (Å²) >= 11 is 0. The quantitative estimate of drug-likeness (QED) is 0.0320. The molecule has 0 fully saturated rings. The van der Waals surface area contributed by atoms with E-state index < -0.39 is 30.0 Å². The Balaban J connectivity index is 1.61. The zero-order valence-electron chi connectivity index (χ0n) is 33.9. The van der Waals surface area contributed by atoms with Crippen molar-refractivity contribution in [2.45, 2.75) is 37.5 Å². The van der Waals surface area contributed by atoms with Crippen molar-refractivity contribution in [2.75, 3.05) is 111 Å². The Bertz CT molecular complexity index is 2100. The molecule has 0 amide bonds. The van der Waals surface area contributed by atoms with E-state index in [4.69, 9.17) is 0 Å². The lowest BCUT2D eigenvalue weighted by Crippen LogP contribution is -2.29. The molecular formula is C36H54N14O8S2. The number of nitrogens with zero attached hydrogens (tertiary/aromatic N) is 8. The summed E-state index contributed by atoms with van der Waals surface area (Å²) in [6.45, 7) is 14.1. The highest BCUT2D eigenvalue weighted by Crippen LogP contribution is 2.28. The van der Waals surface area contributed by atoms with Crippen LogP contribution in [0.3, 0.4) is 0 Å². The molecule has 0 aliphatic heterocycles. The third-order valence-electron chi connectivity index (χ3n) is 8.81. The molecule has 10 N–H and O–H groups in total. The first-order chi connectivity index (χ1) is 28.7. The third-order valence-corrected chi connectivity index (χ3v) is 10.6. The molecule has 2 aromatic carbocycles. The number of nitrogens with one attached hydrogen (secondary N) is 6. The maximum Gasteiger partial charge on any atom is 0.295 e. The van der Waals surface area contributed by atoms with Gasteiger partial charge in [0.2, 0.25) is 35.7 Å². The van der Waals surface area contributed by atoms with Crippen molar-refractivity contribution in [3.05, 3.63) is 47.5 Å². The highest BCUT2D eigenvalue weighted by Gasteiger charge is 2.19. The number of hydrogen-bond donors (Lipinski definition) is 10. The van der Waals surface area contributed by atoms with Crippen LogP contribution in [-0.4, -0.2) is 155 Å². The molecule has 0 aliphatic carbocycles. The minimum atomic E-state index is -4.84. The number of anilines is 8. The van der Waals surface area contributed by atoms with Gasteiger partial charge in [0.15, 0.2) is 0 Å². The molecule has 4 aromatic rings. The predicted octanol–water partition coefficient (Wildman–Crippen LogP) is 2.52. The van der Waals surface area contributed by atoms with E-state index in [2.05, 4.69) is 99.3 Å². The number of benzene rings is 2. The van der Waals surface area contributed by atoms with E-state index in [1.54, 1.807) is 0 Å². The normalized spacial score (nSPS) is 12.0. The number of likely N-dealkylation sites (N-methyl/N-ethyl adjacent to an activating group) is 2. The minimum absolute atomic E-state index is 0.0136. The van der Waals surface area contributed by atoms with Crippen LogP contribution in [0.15, 0.2) is 46.2 Å². The van der Waals surface area contributed by atoms with Crippen molar-refractivity contribution in [3.63, 3.8) is 0 Å². The smallest absolute Gasteiger partial charge is 0.295 e. The number of aromatic nitrogens is 6. The lowest BCUT2D eigenvalue weighted by atomic mass is 10.1. The van der Waals surface area contributed by atoms with Crippen LogP contribution in [0.25, 0.3) is 12.2 Å². The van der Waals surface area contributed by atoms with Crippen LogP contribution in [0.2, 0.25) is 0 Å². The van der Waals surface area contributed by atoms with E-state index >= 15 is 0 Å². The Labute approximate surface area is 349 Å². The standard InChI is InChI=1S/C36H54N14O8S2/c1-5-49(6-2)19-15-37-31-43-33(39-17-21-51)47-35(45-31)41-27-13-11-25(29(23-27)59(53,54)55)9-10-26-12-14-28(24-30(26)60(56,57)58)42-36-46-32(38-16-20-50(7-3)8-4)44-34(48-36)40-18-22-52/h9-14,23-24,51-52H,5-8,15-22H2,1-4H3,(H,53,54,55)(H,56,57,58)(H3,37,39,41,43,45,47)(H3,38,40,42,44,46,48)/b10-9+. The van der Waals surface area contributed by atoms with Gasteiger partial charge in [0.05, 0.1) is 13.2 Å². The Morgan fingerprint density at radius 2 is 0.833 bits per heavy atom. The van der Waals surface area contributed by atoms with E-state index in [0.717, 1.165) is 51.4 Å². The molecule has 0 saturated carbocycles. The van der Waals surface area contributed by atoms with Crippen LogP contribution in [-0.2, 0) is 20.2 Å². The minimum Gasteiger partial charge on any atom is -0.395 e. The van der Waals surface area contributed by atoms with Crippen LogP contribution in [0.1, 0.15) is 38.8 Å². The van der Waals surface area contributed by atoms with Gasteiger partial charge >= 0.3 is 0 Å². The lowest BCUT2D eigenvalue weighted by Gasteiger charge is -2.18. The second-order valence-corrected chi connectivity index (χ2v) is 15.6. The van der Waals surface area contributed by atoms with Gasteiger partial charge in [0, 0.05) is 50.6 Å². The molecule has 0 saturated heterocycles. The maximum absolute atomic E-state index is 12.6. The first-order valence-electron chi connectivity index (χ1n) is 19.3. The number of hydrogen-bond acceptors (Lipinski definition) is 20. The van der Waals surface area contributed by atoms with Crippen molar-refractivity contribution in [1.29, 1.82) is 0 Å². The monoisotopic (exact) mass is 874 g/mol. The van der Waals surface area contributed by atoms with E-state index in [1.165, 1.54) is 36.4 Å². The molecular weight excluding hydrogens is 821 g/mol. The maximum atomic E-state index is 12.6. The average molecular weight is 875 g/mol. The van der Waals surface area contributed by atoms with Crippen molar-refractivity contribution < 1.29 is 36.2 Å². The summed E-state index contributed by atoms with van der Waals surface area (Å²) in [5, 5.41) is 36.5. The first kappa shape index (κ1) is 47.3. The molecule has 0 bridgehead atoms. The molecule has 0 unspecified atom stereocenters. The Kier molecular flexibility index (Phi) is 18.0. The van der Waals surface area contributed by atoms with Gasteiger partial charge in [-0.25, -0.2) is 0 Å². The SMILES string of the molecule is CCN(CC)CCNc1nc(NCCO)nc(Nc2ccc(/C=C/c3ccc(Nc4nc(NCCO)nc(NCCN(CC)CC)n4)cc3S(=O)(=O)O)c(S(=O)(=O)O)c2)n1. The van der Waals surface area contributed by atoms with Crippen LogP contribution >= 0.6 is 0 Å². The van der Waals surface area contributed by atoms with Gasteiger partial charge in [-0.15, -0.1) is 0 Å². The fourth-order valence-corrected chi connectivity index (χ4v) is 7.05. The third kappa shape index (κ3) is 14.7. The number of rotatable bonds is 26. The van der Waals surface area contributed by atoms with Gasteiger partial charge in [-0.2, -0.15) is 46.7 Å². The summed E-state index contributed by atoms with van der Waals surface area (Å²) in [6.07, 6.45) is 2.53. The topological polar surface area (TPSA) is 305 Å². The van der Waals surface area contributed by atoms with Crippen LogP contribution in [0, 0.1) is 0 Å². The Morgan fingerprint density at radius 1 is 0.517 bits per heavy atom. The van der Waals surface area contributed by atoms with Gasteiger partial charge < -0.3 is 51.9 Å².